The van der Waals surface area contributed by atoms with Gasteiger partial charge in [-0.3, -0.25) is 4.57 Å². The molecule has 1 unspecified atom stereocenters. The standard InChI is InChI=1S/C9H7ClN4/c10-8-7-4-11-5-14(7)9-6(13-8)2-1-3-12-9/h1-5,8,13H. The minimum absolute atomic E-state index is 0.241. The van der Waals surface area contributed by atoms with Crippen molar-refractivity contribution < 1.29 is 0 Å². The lowest BCUT2D eigenvalue weighted by atomic mass is 10.3. The van der Waals surface area contributed by atoms with Crippen LogP contribution < -0.4 is 5.32 Å². The molecule has 2 aromatic heterocycles. The quantitative estimate of drug-likeness (QED) is 0.529. The van der Waals surface area contributed by atoms with E-state index in [0.717, 1.165) is 17.2 Å². The van der Waals surface area contributed by atoms with Gasteiger partial charge in [0.2, 0.25) is 0 Å². The zero-order valence-corrected chi connectivity index (χ0v) is 7.94. The highest BCUT2D eigenvalue weighted by Gasteiger charge is 2.22. The summed E-state index contributed by atoms with van der Waals surface area (Å²) in [6.45, 7) is 0. The fourth-order valence-electron chi connectivity index (χ4n) is 1.58. The number of aromatic nitrogens is 3. The van der Waals surface area contributed by atoms with E-state index in [0.29, 0.717) is 0 Å². The van der Waals surface area contributed by atoms with Gasteiger partial charge in [-0.15, -0.1) is 0 Å². The topological polar surface area (TPSA) is 42.7 Å². The molecule has 1 atom stereocenters. The maximum atomic E-state index is 6.12. The van der Waals surface area contributed by atoms with Crippen molar-refractivity contribution in [2.24, 2.45) is 0 Å². The summed E-state index contributed by atoms with van der Waals surface area (Å²) in [6.07, 6.45) is 5.21. The molecule has 14 heavy (non-hydrogen) atoms. The predicted molar refractivity (Wildman–Crippen MR) is 53.6 cm³/mol. The van der Waals surface area contributed by atoms with Gasteiger partial charge in [0, 0.05) is 6.20 Å². The molecule has 1 aliphatic rings. The summed E-state index contributed by atoms with van der Waals surface area (Å²) in [5, 5.41) is 3.14. The van der Waals surface area contributed by atoms with Crippen LogP contribution in [0.1, 0.15) is 11.2 Å². The van der Waals surface area contributed by atoms with Crippen LogP contribution in [0.25, 0.3) is 5.82 Å². The number of hydrogen-bond donors (Lipinski definition) is 1. The van der Waals surface area contributed by atoms with Gasteiger partial charge < -0.3 is 5.32 Å². The van der Waals surface area contributed by atoms with Crippen molar-refractivity contribution in [1.29, 1.82) is 0 Å². The molecule has 0 amide bonds. The van der Waals surface area contributed by atoms with Crippen molar-refractivity contribution in [1.82, 2.24) is 14.5 Å². The number of halogens is 1. The van der Waals surface area contributed by atoms with Gasteiger partial charge in [-0.25, -0.2) is 9.97 Å². The van der Waals surface area contributed by atoms with Gasteiger partial charge >= 0.3 is 0 Å². The van der Waals surface area contributed by atoms with Crippen LogP contribution in [0.15, 0.2) is 30.9 Å². The van der Waals surface area contributed by atoms with Crippen LogP contribution >= 0.6 is 11.6 Å². The zero-order valence-electron chi connectivity index (χ0n) is 7.18. The Balaban J connectivity index is 2.29. The van der Waals surface area contributed by atoms with Crippen LogP contribution in [0.2, 0.25) is 0 Å². The Morgan fingerprint density at radius 1 is 1.50 bits per heavy atom. The SMILES string of the molecule is ClC1Nc2cccnc2-n2cncc21. The number of nitrogens with one attached hydrogen (secondary N) is 1. The van der Waals surface area contributed by atoms with Crippen LogP contribution in [0, 0.1) is 0 Å². The number of fused-ring (bicyclic) bond motifs is 3. The average molecular weight is 207 g/mol. The van der Waals surface area contributed by atoms with Crippen LogP contribution in [0.4, 0.5) is 5.69 Å². The Hall–Kier alpha value is -1.55. The van der Waals surface area contributed by atoms with Crippen molar-refractivity contribution in [3.63, 3.8) is 0 Å². The molecular weight excluding hydrogens is 200 g/mol. The molecule has 0 spiro atoms. The second-order valence-electron chi connectivity index (χ2n) is 3.07. The van der Waals surface area contributed by atoms with Gasteiger partial charge in [-0.05, 0) is 12.1 Å². The van der Waals surface area contributed by atoms with Gasteiger partial charge in [-0.2, -0.15) is 0 Å². The minimum Gasteiger partial charge on any atom is -0.361 e. The average Bonchev–Trinajstić information content (AvgIpc) is 2.67. The van der Waals surface area contributed by atoms with Crippen molar-refractivity contribution >= 4 is 17.3 Å². The number of alkyl halides is 1. The van der Waals surface area contributed by atoms with E-state index in [-0.39, 0.29) is 5.50 Å². The molecule has 1 N–H and O–H groups in total. The zero-order chi connectivity index (χ0) is 9.54. The summed E-state index contributed by atoms with van der Waals surface area (Å²) in [7, 11) is 0. The van der Waals surface area contributed by atoms with E-state index in [1.54, 1.807) is 18.7 Å². The van der Waals surface area contributed by atoms with Gasteiger partial charge in [-0.1, -0.05) is 11.6 Å². The molecule has 0 fully saturated rings. The second-order valence-corrected chi connectivity index (χ2v) is 3.51. The van der Waals surface area contributed by atoms with Gasteiger partial charge in [0.25, 0.3) is 0 Å². The third-order valence-corrected chi connectivity index (χ3v) is 2.56. The van der Waals surface area contributed by atoms with Crippen LogP contribution in [0.3, 0.4) is 0 Å². The Morgan fingerprint density at radius 2 is 2.43 bits per heavy atom. The molecule has 4 nitrogen and oxygen atoms in total. The first kappa shape index (κ1) is 7.82. The monoisotopic (exact) mass is 206 g/mol. The Bertz CT molecular complexity index is 479. The van der Waals surface area contributed by atoms with E-state index >= 15 is 0 Å². The molecule has 0 aliphatic carbocycles. The molecule has 5 heteroatoms. The Morgan fingerprint density at radius 3 is 3.36 bits per heavy atom. The molecule has 0 saturated carbocycles. The molecule has 0 bridgehead atoms. The molecule has 1 aliphatic heterocycles. The maximum absolute atomic E-state index is 6.12. The van der Waals surface area contributed by atoms with E-state index in [4.69, 9.17) is 11.6 Å². The van der Waals surface area contributed by atoms with Crippen LogP contribution in [0.5, 0.6) is 0 Å². The number of nitrogens with zero attached hydrogens (tertiary/aromatic N) is 3. The third kappa shape index (κ3) is 0.943. The molecule has 2 aromatic rings. The van der Waals surface area contributed by atoms with Crippen LogP contribution in [-0.4, -0.2) is 14.5 Å². The molecule has 70 valence electrons. The van der Waals surface area contributed by atoms with Crippen LogP contribution in [-0.2, 0) is 0 Å². The van der Waals surface area contributed by atoms with E-state index in [2.05, 4.69) is 15.3 Å². The number of hydrogen-bond acceptors (Lipinski definition) is 3. The van der Waals surface area contributed by atoms with E-state index in [1.807, 2.05) is 16.7 Å². The highest BCUT2D eigenvalue weighted by atomic mass is 35.5. The summed E-state index contributed by atoms with van der Waals surface area (Å²) in [5.41, 5.74) is 1.60. The van der Waals surface area contributed by atoms with E-state index in [9.17, 15) is 0 Å². The Kier molecular flexibility index (Phi) is 1.52. The van der Waals surface area contributed by atoms with E-state index < -0.39 is 0 Å². The first-order valence-corrected chi connectivity index (χ1v) is 4.68. The lowest BCUT2D eigenvalue weighted by Crippen LogP contribution is -2.17. The third-order valence-electron chi connectivity index (χ3n) is 2.22. The smallest absolute Gasteiger partial charge is 0.161 e. The summed E-state index contributed by atoms with van der Waals surface area (Å²) in [6, 6.07) is 3.82. The van der Waals surface area contributed by atoms with Crippen molar-refractivity contribution in [2.45, 2.75) is 5.50 Å². The maximum Gasteiger partial charge on any atom is 0.161 e. The Labute approximate surface area is 85.6 Å². The molecule has 0 aromatic carbocycles. The van der Waals surface area contributed by atoms with Crippen molar-refractivity contribution in [3.8, 4) is 5.82 Å². The number of pyridine rings is 1. The molecular formula is C9H7ClN4. The summed E-state index contributed by atoms with van der Waals surface area (Å²) < 4.78 is 1.89. The lowest BCUT2D eigenvalue weighted by Gasteiger charge is -2.23. The first-order valence-electron chi connectivity index (χ1n) is 4.24. The number of rotatable bonds is 0. The first-order chi connectivity index (χ1) is 6.86. The summed E-state index contributed by atoms with van der Waals surface area (Å²) in [5.74, 6) is 0.844. The predicted octanol–water partition coefficient (Wildman–Crippen LogP) is 1.93. The fourth-order valence-corrected chi connectivity index (χ4v) is 1.86. The van der Waals surface area contributed by atoms with Crippen molar-refractivity contribution in [2.75, 3.05) is 5.32 Å². The largest absolute Gasteiger partial charge is 0.361 e. The summed E-state index contributed by atoms with van der Waals surface area (Å²) in [4.78, 5) is 8.32. The highest BCUT2D eigenvalue weighted by Crippen LogP contribution is 2.32. The molecule has 0 radical (unpaired) electrons. The number of anilines is 1. The minimum atomic E-state index is -0.241. The number of imidazole rings is 1. The second kappa shape index (κ2) is 2.72. The lowest BCUT2D eigenvalue weighted by molar-refractivity contribution is 0.854. The molecule has 3 rings (SSSR count). The van der Waals surface area contributed by atoms with E-state index in [1.165, 1.54) is 0 Å². The van der Waals surface area contributed by atoms with Crippen molar-refractivity contribution in [3.05, 3.63) is 36.5 Å². The normalized spacial score (nSPS) is 18.2. The molecule has 0 saturated heterocycles. The molecule has 3 heterocycles. The highest BCUT2D eigenvalue weighted by molar-refractivity contribution is 6.22. The summed E-state index contributed by atoms with van der Waals surface area (Å²) >= 11 is 6.12. The van der Waals surface area contributed by atoms with Gasteiger partial charge in [0.1, 0.15) is 11.8 Å². The van der Waals surface area contributed by atoms with Gasteiger partial charge in [0.05, 0.1) is 17.6 Å². The fraction of sp³-hybridized carbons (Fsp3) is 0.111. The van der Waals surface area contributed by atoms with Gasteiger partial charge in [0.15, 0.2) is 5.82 Å².